The van der Waals surface area contributed by atoms with Gasteiger partial charge < -0.3 is 16.0 Å². The van der Waals surface area contributed by atoms with E-state index < -0.39 is 0 Å². The normalized spacial score (nSPS) is 18.5. The lowest BCUT2D eigenvalue weighted by atomic mass is 10.1. The summed E-state index contributed by atoms with van der Waals surface area (Å²) in [7, 11) is 1.92. The molecule has 1 saturated heterocycles. The molecule has 3 N–H and O–H groups in total. The summed E-state index contributed by atoms with van der Waals surface area (Å²) in [5.41, 5.74) is 9.62. The minimum Gasteiger partial charge on any atom is -0.400 e. The maximum absolute atomic E-state index is 11.8. The van der Waals surface area contributed by atoms with E-state index >= 15 is 0 Å². The highest BCUT2D eigenvalue weighted by molar-refractivity contribution is 6.06. The number of allylic oxidation sites excluding steroid dienone is 1. The molecule has 134 valence electrons. The Bertz CT molecular complexity index is 668. The number of aryl methyl sites for hydroxylation is 1. The van der Waals surface area contributed by atoms with Crippen molar-refractivity contribution in [2.75, 3.05) is 25.0 Å². The number of carbonyl (C=O) groups excluding carboxylic acids is 1. The third-order valence-corrected chi connectivity index (χ3v) is 4.34. The summed E-state index contributed by atoms with van der Waals surface area (Å²) in [6.07, 6.45) is 3.14. The van der Waals surface area contributed by atoms with Crippen LogP contribution in [0.1, 0.15) is 18.9 Å². The van der Waals surface area contributed by atoms with Gasteiger partial charge in [0, 0.05) is 31.2 Å². The molecule has 6 heteroatoms. The molecule has 1 atom stereocenters. The molecule has 6 nitrogen and oxygen atoms in total. The molecule has 1 aromatic rings. The van der Waals surface area contributed by atoms with Crippen LogP contribution in [0.4, 0.5) is 5.69 Å². The monoisotopic (exact) mass is 341 g/mol. The summed E-state index contributed by atoms with van der Waals surface area (Å²) in [6.45, 7) is 9.17. The number of likely N-dealkylation sites (N-methyl/N-ethyl adjacent to an activating group) is 1. The van der Waals surface area contributed by atoms with Crippen LogP contribution >= 0.6 is 0 Å². The number of nitrogens with one attached hydrogen (secondary N) is 1. The van der Waals surface area contributed by atoms with Gasteiger partial charge in [0.1, 0.15) is 5.70 Å². The second-order valence-corrected chi connectivity index (χ2v) is 6.22. The van der Waals surface area contributed by atoms with Gasteiger partial charge in [0.25, 0.3) is 0 Å². The van der Waals surface area contributed by atoms with Gasteiger partial charge in [-0.1, -0.05) is 24.3 Å². The second-order valence-electron chi connectivity index (χ2n) is 6.22. The van der Waals surface area contributed by atoms with Crippen LogP contribution in [0, 0.1) is 6.92 Å². The molecule has 0 bridgehead atoms. The lowest BCUT2D eigenvalue weighted by Gasteiger charge is -2.32. The fraction of sp³-hybridized carbons (Fsp3) is 0.368. The van der Waals surface area contributed by atoms with E-state index in [9.17, 15) is 4.79 Å². The van der Waals surface area contributed by atoms with E-state index in [4.69, 9.17) is 5.73 Å². The van der Waals surface area contributed by atoms with Crippen molar-refractivity contribution in [2.24, 2.45) is 10.7 Å². The average molecular weight is 341 g/mol. The molecule has 0 radical (unpaired) electrons. The molecular formula is C19H27N5O. The van der Waals surface area contributed by atoms with Crippen molar-refractivity contribution in [3.8, 4) is 0 Å². The van der Waals surface area contributed by atoms with Crippen LogP contribution in [0.3, 0.4) is 0 Å². The summed E-state index contributed by atoms with van der Waals surface area (Å²) in [4.78, 5) is 19.8. The van der Waals surface area contributed by atoms with Crippen LogP contribution in [0.25, 0.3) is 0 Å². The molecule has 1 heterocycles. The fourth-order valence-corrected chi connectivity index (χ4v) is 3.01. The Morgan fingerprint density at radius 1 is 1.40 bits per heavy atom. The molecule has 1 aromatic carbocycles. The number of carbonyl (C=O) groups is 1. The minimum atomic E-state index is 0.0527. The summed E-state index contributed by atoms with van der Waals surface area (Å²) in [5.74, 6) is 0.516. The lowest BCUT2D eigenvalue weighted by molar-refractivity contribution is -0.116. The molecule has 0 saturated carbocycles. The van der Waals surface area contributed by atoms with Gasteiger partial charge in [-0.3, -0.25) is 9.69 Å². The highest BCUT2D eigenvalue weighted by Gasteiger charge is 2.29. The number of hydrogen-bond donors (Lipinski definition) is 2. The first-order valence-electron chi connectivity index (χ1n) is 8.39. The first-order chi connectivity index (χ1) is 12.0. The van der Waals surface area contributed by atoms with Crippen molar-refractivity contribution in [1.29, 1.82) is 0 Å². The third-order valence-electron chi connectivity index (χ3n) is 4.34. The summed E-state index contributed by atoms with van der Waals surface area (Å²) < 4.78 is 0. The van der Waals surface area contributed by atoms with Gasteiger partial charge in [-0.2, -0.15) is 0 Å². The number of benzene rings is 1. The molecule has 25 heavy (non-hydrogen) atoms. The number of nitrogens with zero attached hydrogens (tertiary/aromatic N) is 3. The topological polar surface area (TPSA) is 74.0 Å². The van der Waals surface area contributed by atoms with Crippen molar-refractivity contribution in [1.82, 2.24) is 10.2 Å². The standard InChI is InChI=1S/C19H27N5O/c1-5-22-19(24(13-25)17-10-11-21-12-17)18(15(3)20)23(4)16-8-6-14(2)7-9-16/h5-9,13,17,21H,1,10-12,20H2,2-4H3/b18-15-,22-19?. The lowest BCUT2D eigenvalue weighted by Crippen LogP contribution is -2.45. The SMILES string of the molecule is C=CN=C(/C(=C(\C)N)N(C)c1ccc(C)cc1)N(C=O)C1CCNC1. The largest absolute Gasteiger partial charge is 0.400 e. The predicted molar refractivity (Wildman–Crippen MR) is 103 cm³/mol. The molecule has 1 aliphatic rings. The number of anilines is 1. The molecule has 0 aromatic heterocycles. The van der Waals surface area contributed by atoms with E-state index in [0.29, 0.717) is 17.2 Å². The molecule has 0 spiro atoms. The van der Waals surface area contributed by atoms with Gasteiger partial charge in [-0.15, -0.1) is 0 Å². The van der Waals surface area contributed by atoms with Crippen molar-refractivity contribution in [3.05, 3.63) is 54.0 Å². The van der Waals surface area contributed by atoms with Gasteiger partial charge in [0.15, 0.2) is 5.84 Å². The zero-order valence-corrected chi connectivity index (χ0v) is 15.2. The van der Waals surface area contributed by atoms with Crippen molar-refractivity contribution >= 4 is 17.9 Å². The predicted octanol–water partition coefficient (Wildman–Crippen LogP) is 1.98. The van der Waals surface area contributed by atoms with Gasteiger partial charge in [0.05, 0.1) is 6.04 Å². The first-order valence-corrected chi connectivity index (χ1v) is 8.39. The van der Waals surface area contributed by atoms with Crippen LogP contribution < -0.4 is 16.0 Å². The number of hydrogen-bond acceptors (Lipinski definition) is 5. The van der Waals surface area contributed by atoms with E-state index in [2.05, 4.69) is 16.9 Å². The molecule has 1 aliphatic heterocycles. The third kappa shape index (κ3) is 4.28. The Labute approximate surface area is 149 Å². The maximum atomic E-state index is 11.8. The highest BCUT2D eigenvalue weighted by Crippen LogP contribution is 2.23. The Hall–Kier alpha value is -2.60. The highest BCUT2D eigenvalue weighted by atomic mass is 16.1. The summed E-state index contributed by atoms with van der Waals surface area (Å²) in [6, 6.07) is 8.17. The maximum Gasteiger partial charge on any atom is 0.215 e. The Morgan fingerprint density at radius 2 is 2.08 bits per heavy atom. The van der Waals surface area contributed by atoms with Crippen LogP contribution in [0.15, 0.2) is 53.4 Å². The molecular weight excluding hydrogens is 314 g/mol. The van der Waals surface area contributed by atoms with E-state index in [1.807, 2.05) is 50.1 Å². The molecule has 1 fully saturated rings. The van der Waals surface area contributed by atoms with E-state index in [1.165, 1.54) is 11.8 Å². The number of rotatable bonds is 6. The van der Waals surface area contributed by atoms with Crippen molar-refractivity contribution < 1.29 is 4.79 Å². The first kappa shape index (κ1) is 18.7. The summed E-state index contributed by atoms with van der Waals surface area (Å²) in [5, 5.41) is 3.28. The van der Waals surface area contributed by atoms with E-state index in [0.717, 1.165) is 31.6 Å². The van der Waals surface area contributed by atoms with Crippen LogP contribution in [-0.2, 0) is 4.79 Å². The quantitative estimate of drug-likeness (QED) is 0.471. The molecule has 2 rings (SSSR count). The van der Waals surface area contributed by atoms with Crippen LogP contribution in [0.2, 0.25) is 0 Å². The van der Waals surface area contributed by atoms with Gasteiger partial charge in [-0.05, 0) is 38.9 Å². The smallest absolute Gasteiger partial charge is 0.215 e. The van der Waals surface area contributed by atoms with Crippen molar-refractivity contribution in [2.45, 2.75) is 26.3 Å². The van der Waals surface area contributed by atoms with Gasteiger partial charge >= 0.3 is 0 Å². The van der Waals surface area contributed by atoms with Gasteiger partial charge in [-0.25, -0.2) is 4.99 Å². The van der Waals surface area contributed by atoms with E-state index in [1.54, 1.807) is 4.90 Å². The van der Waals surface area contributed by atoms with Crippen LogP contribution in [-0.4, -0.2) is 43.3 Å². The van der Waals surface area contributed by atoms with Gasteiger partial charge in [0.2, 0.25) is 6.41 Å². The van der Waals surface area contributed by atoms with Crippen LogP contribution in [0.5, 0.6) is 0 Å². The number of amidine groups is 1. The zero-order chi connectivity index (χ0) is 18.4. The van der Waals surface area contributed by atoms with Crippen molar-refractivity contribution in [3.63, 3.8) is 0 Å². The Kier molecular flexibility index (Phi) is 6.36. The number of amides is 1. The molecule has 1 amide bonds. The second kappa shape index (κ2) is 8.48. The molecule has 1 unspecified atom stereocenters. The minimum absolute atomic E-state index is 0.0527. The number of nitrogens with two attached hydrogens (primary N) is 1. The average Bonchev–Trinajstić information content (AvgIpc) is 3.10. The fourth-order valence-electron chi connectivity index (χ4n) is 3.01. The molecule has 0 aliphatic carbocycles. The summed E-state index contributed by atoms with van der Waals surface area (Å²) >= 11 is 0. The van der Waals surface area contributed by atoms with E-state index in [-0.39, 0.29) is 6.04 Å². The zero-order valence-electron chi connectivity index (χ0n) is 15.2. The number of aliphatic imine (C=N–C) groups is 1. The Morgan fingerprint density at radius 3 is 2.56 bits per heavy atom. The Balaban J connectivity index is 2.45.